The normalized spacial score (nSPS) is 20.9. The lowest BCUT2D eigenvalue weighted by atomic mass is 9.84. The van der Waals surface area contributed by atoms with Crippen molar-refractivity contribution in [2.45, 2.75) is 111 Å². The van der Waals surface area contributed by atoms with Crippen LogP contribution in [-0.2, 0) is 23.9 Å². The van der Waals surface area contributed by atoms with Crippen LogP contribution in [0.25, 0.3) is 0 Å². The summed E-state index contributed by atoms with van der Waals surface area (Å²) < 4.78 is 24.9. The molecule has 4 amide bonds. The SMILES string of the molecule is CCCCCOC(=O)Nc1nc(=O)n([C@@H]2O[C@H](C)[C@@H](O)[C@H]2O)cc1F.CNC(=O)[C@@H](NC(=O)[C@H](CC(C)C)[C@H](O)C(=O)NO)C(C)(C)C. The largest absolute Gasteiger partial charge is 0.449 e. The molecule has 0 saturated carbocycles. The topological polar surface area (TPSA) is 251 Å². The average molecular weight is 691 g/mol. The van der Waals surface area contributed by atoms with Crippen molar-refractivity contribution in [2.75, 3.05) is 19.0 Å². The number of nitrogens with zero attached hydrogens (tertiary/aromatic N) is 2. The summed E-state index contributed by atoms with van der Waals surface area (Å²) in [5.74, 6) is -4.67. The molecular formula is C30H51FN6O11. The monoisotopic (exact) mass is 690 g/mol. The third-order valence-electron chi connectivity index (χ3n) is 7.34. The first-order chi connectivity index (χ1) is 22.3. The highest BCUT2D eigenvalue weighted by Crippen LogP contribution is 2.28. The van der Waals surface area contributed by atoms with Gasteiger partial charge in [-0.05, 0) is 31.1 Å². The molecule has 18 heteroatoms. The number of unbranched alkanes of at least 4 members (excludes halogenated alkanes) is 2. The zero-order valence-electron chi connectivity index (χ0n) is 28.7. The number of rotatable bonds is 13. The number of carbonyl (C=O) groups is 4. The van der Waals surface area contributed by atoms with E-state index in [1.807, 2.05) is 20.8 Å². The maximum absolute atomic E-state index is 14.1. The molecule has 2 heterocycles. The van der Waals surface area contributed by atoms with Crippen LogP contribution in [-0.4, -0.2) is 98.0 Å². The zero-order chi connectivity index (χ0) is 36.9. The number of anilines is 1. The van der Waals surface area contributed by atoms with Crippen molar-refractivity contribution in [3.63, 3.8) is 0 Å². The van der Waals surface area contributed by atoms with E-state index in [0.717, 1.165) is 23.6 Å². The van der Waals surface area contributed by atoms with Crippen LogP contribution in [0.2, 0.25) is 0 Å². The van der Waals surface area contributed by atoms with Crippen molar-refractivity contribution in [3.05, 3.63) is 22.5 Å². The van der Waals surface area contributed by atoms with Crippen molar-refractivity contribution in [2.24, 2.45) is 17.3 Å². The molecule has 1 aliphatic heterocycles. The van der Waals surface area contributed by atoms with Gasteiger partial charge >= 0.3 is 11.8 Å². The minimum Gasteiger partial charge on any atom is -0.449 e. The van der Waals surface area contributed by atoms with Gasteiger partial charge in [-0.1, -0.05) is 54.4 Å². The Hall–Kier alpha value is -3.71. The van der Waals surface area contributed by atoms with Crippen LogP contribution in [0.5, 0.6) is 0 Å². The Bertz CT molecular complexity index is 1290. The van der Waals surface area contributed by atoms with Gasteiger partial charge in [0.2, 0.25) is 11.8 Å². The number of amides is 4. The summed E-state index contributed by atoms with van der Waals surface area (Å²) in [5, 5.41) is 45.3. The first kappa shape index (κ1) is 42.3. The quantitative estimate of drug-likeness (QED) is 0.0803. The van der Waals surface area contributed by atoms with E-state index in [-0.39, 0.29) is 24.9 Å². The molecular weight excluding hydrogens is 639 g/mol. The molecule has 0 bridgehead atoms. The Morgan fingerprint density at radius 1 is 1.10 bits per heavy atom. The zero-order valence-corrected chi connectivity index (χ0v) is 28.7. The Morgan fingerprint density at radius 2 is 1.73 bits per heavy atom. The highest BCUT2D eigenvalue weighted by Gasteiger charge is 2.42. The predicted molar refractivity (Wildman–Crippen MR) is 169 cm³/mol. The van der Waals surface area contributed by atoms with Crippen LogP contribution in [0.1, 0.15) is 80.4 Å². The van der Waals surface area contributed by atoms with Gasteiger partial charge in [0.15, 0.2) is 17.9 Å². The first-order valence-corrected chi connectivity index (χ1v) is 15.7. The van der Waals surface area contributed by atoms with E-state index in [0.29, 0.717) is 6.42 Å². The summed E-state index contributed by atoms with van der Waals surface area (Å²) in [7, 11) is 1.47. The number of likely N-dealkylation sites (N-methyl/N-ethyl adjacent to an activating group) is 1. The lowest BCUT2D eigenvalue weighted by Gasteiger charge is -2.32. The fraction of sp³-hybridized carbons (Fsp3) is 0.733. The van der Waals surface area contributed by atoms with Gasteiger partial charge in [0, 0.05) is 7.05 Å². The summed E-state index contributed by atoms with van der Waals surface area (Å²) in [6.07, 6.45) is -3.72. The predicted octanol–water partition coefficient (Wildman–Crippen LogP) is 0.552. The number of hydrogen-bond donors (Lipinski definition) is 8. The number of hydroxylamine groups is 1. The molecule has 1 aromatic heterocycles. The van der Waals surface area contributed by atoms with Gasteiger partial charge in [0.05, 0.1) is 24.8 Å². The van der Waals surface area contributed by atoms with E-state index in [4.69, 9.17) is 14.7 Å². The highest BCUT2D eigenvalue weighted by atomic mass is 19.1. The second kappa shape index (κ2) is 19.3. The summed E-state index contributed by atoms with van der Waals surface area (Å²) in [4.78, 5) is 63.0. The Balaban J connectivity index is 0.000000483. The number of aliphatic hydroxyl groups is 3. The van der Waals surface area contributed by atoms with Crippen molar-refractivity contribution in [1.29, 1.82) is 0 Å². The van der Waals surface area contributed by atoms with Crippen LogP contribution in [0.15, 0.2) is 11.0 Å². The van der Waals surface area contributed by atoms with Crippen molar-refractivity contribution in [3.8, 4) is 0 Å². The molecule has 0 unspecified atom stereocenters. The molecule has 17 nitrogen and oxygen atoms in total. The van der Waals surface area contributed by atoms with Crippen molar-refractivity contribution >= 4 is 29.6 Å². The number of hydrogen-bond acceptors (Lipinski definition) is 12. The number of ether oxygens (including phenoxy) is 2. The summed E-state index contributed by atoms with van der Waals surface area (Å²) in [6, 6.07) is -0.820. The lowest BCUT2D eigenvalue weighted by molar-refractivity contribution is -0.147. The number of aliphatic hydroxyl groups excluding tert-OH is 3. The van der Waals surface area contributed by atoms with E-state index >= 15 is 0 Å². The van der Waals surface area contributed by atoms with E-state index in [2.05, 4.69) is 20.9 Å². The maximum atomic E-state index is 14.1. The van der Waals surface area contributed by atoms with E-state index in [9.17, 15) is 43.7 Å². The minimum atomic E-state index is -1.70. The molecule has 1 saturated heterocycles. The van der Waals surface area contributed by atoms with E-state index in [1.54, 1.807) is 20.8 Å². The molecule has 7 atom stereocenters. The second-order valence-corrected chi connectivity index (χ2v) is 12.9. The van der Waals surface area contributed by atoms with Crippen LogP contribution >= 0.6 is 0 Å². The van der Waals surface area contributed by atoms with Gasteiger partial charge in [0.1, 0.15) is 24.4 Å². The highest BCUT2D eigenvalue weighted by molar-refractivity contribution is 5.92. The molecule has 0 aromatic carbocycles. The van der Waals surface area contributed by atoms with E-state index in [1.165, 1.54) is 19.5 Å². The minimum absolute atomic E-state index is 0.0278. The first-order valence-electron chi connectivity index (χ1n) is 15.7. The molecule has 1 aromatic rings. The third-order valence-corrected chi connectivity index (χ3v) is 7.34. The number of carbonyl (C=O) groups excluding carboxylic acids is 4. The molecule has 0 spiro atoms. The molecule has 1 aliphatic rings. The Morgan fingerprint density at radius 3 is 2.21 bits per heavy atom. The van der Waals surface area contributed by atoms with Crippen LogP contribution in [0, 0.1) is 23.1 Å². The summed E-state index contributed by atoms with van der Waals surface area (Å²) in [5.41, 5.74) is -0.162. The number of halogens is 1. The molecule has 274 valence electrons. The maximum Gasteiger partial charge on any atom is 0.412 e. The Kier molecular flexibility index (Phi) is 17.0. The average Bonchev–Trinajstić information content (AvgIpc) is 3.27. The standard InChI is InChI=1S/C15H22FN3O6.C15H29N3O5/c1-3-4-5-6-24-15(23)18-12-9(16)7-19(14(22)17-12)13-11(21)10(20)8(2)25-13;1-8(2)7-9(10(19)13(21)18-23)12(20)17-11(14(22)16-6)15(3,4)5/h7-8,10-11,13,20-21H,3-6H2,1-2H3,(H,17,18,22,23);8-11,19,23H,7H2,1-6H3,(H,16,22)(H,17,20)(H,18,21)/t8-,10-,11-,13-;9-,10+,11-/m11/s1. The number of nitrogens with one attached hydrogen (secondary N) is 4. The smallest absolute Gasteiger partial charge is 0.412 e. The number of aromatic nitrogens is 2. The van der Waals surface area contributed by atoms with Crippen LogP contribution in [0.4, 0.5) is 15.0 Å². The van der Waals surface area contributed by atoms with Crippen molar-refractivity contribution in [1.82, 2.24) is 25.7 Å². The molecule has 48 heavy (non-hydrogen) atoms. The van der Waals surface area contributed by atoms with Gasteiger partial charge in [-0.2, -0.15) is 4.98 Å². The summed E-state index contributed by atoms with van der Waals surface area (Å²) in [6.45, 7) is 12.7. The molecule has 0 aliphatic carbocycles. The fourth-order valence-electron chi connectivity index (χ4n) is 4.63. The van der Waals surface area contributed by atoms with Gasteiger partial charge in [-0.3, -0.25) is 29.5 Å². The van der Waals surface area contributed by atoms with Gasteiger partial charge < -0.3 is 35.4 Å². The van der Waals surface area contributed by atoms with E-state index < -0.39 is 83.3 Å². The Labute approximate surface area is 278 Å². The van der Waals surface area contributed by atoms with Crippen LogP contribution < -0.4 is 27.1 Å². The fourth-order valence-corrected chi connectivity index (χ4v) is 4.63. The second-order valence-electron chi connectivity index (χ2n) is 12.9. The molecule has 2 rings (SSSR count). The third kappa shape index (κ3) is 12.4. The van der Waals surface area contributed by atoms with Gasteiger partial charge in [0.25, 0.3) is 5.91 Å². The summed E-state index contributed by atoms with van der Waals surface area (Å²) >= 11 is 0. The molecule has 1 fully saturated rings. The van der Waals surface area contributed by atoms with Gasteiger partial charge in [-0.15, -0.1) is 0 Å². The molecule has 8 N–H and O–H groups in total. The van der Waals surface area contributed by atoms with Crippen molar-refractivity contribution < 1.29 is 53.6 Å². The van der Waals surface area contributed by atoms with Crippen LogP contribution in [0.3, 0.4) is 0 Å². The molecule has 0 radical (unpaired) electrons. The lowest BCUT2D eigenvalue weighted by Crippen LogP contribution is -2.56. The van der Waals surface area contributed by atoms with Gasteiger partial charge in [-0.25, -0.2) is 19.5 Å².